The molecule has 1 heterocycles. The smallest absolute Gasteiger partial charge is 0.171 e. The molecule has 17 heavy (non-hydrogen) atoms. The van der Waals surface area contributed by atoms with E-state index in [1.54, 1.807) is 14.2 Å². The minimum Gasteiger partial charge on any atom is -0.354 e. The standard InChI is InChI=1S/C12H23N3O2/c1-6-15-8-11(7-13-15)9(2)14-10(3)12(16-4)17-5/h7-10,12,14H,6H2,1-5H3. The Morgan fingerprint density at radius 2 is 2.00 bits per heavy atom. The summed E-state index contributed by atoms with van der Waals surface area (Å²) in [6.07, 6.45) is 3.71. The fraction of sp³-hybridized carbons (Fsp3) is 0.750. The molecule has 2 atom stereocenters. The highest BCUT2D eigenvalue weighted by molar-refractivity contribution is 5.09. The number of hydrogen-bond acceptors (Lipinski definition) is 4. The highest BCUT2D eigenvalue weighted by atomic mass is 16.7. The zero-order chi connectivity index (χ0) is 12.8. The second-order valence-corrected chi connectivity index (χ2v) is 4.15. The second kappa shape index (κ2) is 6.74. The highest BCUT2D eigenvalue weighted by Gasteiger charge is 2.18. The van der Waals surface area contributed by atoms with Crippen LogP contribution in [0.3, 0.4) is 0 Å². The normalized spacial score (nSPS) is 15.2. The van der Waals surface area contributed by atoms with Crippen LogP contribution in [0.25, 0.3) is 0 Å². The summed E-state index contributed by atoms with van der Waals surface area (Å²) in [6.45, 7) is 7.11. The average Bonchev–Trinajstić information content (AvgIpc) is 2.79. The average molecular weight is 241 g/mol. The molecule has 5 heteroatoms. The number of aryl methyl sites for hydroxylation is 1. The monoisotopic (exact) mass is 241 g/mol. The summed E-state index contributed by atoms with van der Waals surface area (Å²) in [4.78, 5) is 0. The maximum Gasteiger partial charge on any atom is 0.171 e. The van der Waals surface area contributed by atoms with Gasteiger partial charge in [-0.25, -0.2) is 0 Å². The van der Waals surface area contributed by atoms with Gasteiger partial charge < -0.3 is 14.8 Å². The third-order valence-electron chi connectivity index (χ3n) is 2.86. The minimum absolute atomic E-state index is 0.116. The van der Waals surface area contributed by atoms with E-state index < -0.39 is 0 Å². The van der Waals surface area contributed by atoms with Crippen molar-refractivity contribution in [2.45, 2.75) is 45.7 Å². The molecule has 0 saturated carbocycles. The molecule has 0 aliphatic heterocycles. The topological polar surface area (TPSA) is 48.3 Å². The van der Waals surface area contributed by atoms with Gasteiger partial charge in [0.25, 0.3) is 0 Å². The van der Waals surface area contributed by atoms with Gasteiger partial charge in [0.2, 0.25) is 0 Å². The van der Waals surface area contributed by atoms with E-state index in [-0.39, 0.29) is 18.4 Å². The summed E-state index contributed by atoms with van der Waals surface area (Å²) in [5, 5.41) is 7.69. The summed E-state index contributed by atoms with van der Waals surface area (Å²) in [5.74, 6) is 0. The molecule has 0 aliphatic rings. The van der Waals surface area contributed by atoms with Crippen LogP contribution in [0, 0.1) is 0 Å². The molecule has 0 aromatic carbocycles. The van der Waals surface area contributed by atoms with E-state index in [0.29, 0.717) is 0 Å². The maximum atomic E-state index is 5.22. The van der Waals surface area contributed by atoms with Crippen LogP contribution < -0.4 is 5.32 Å². The van der Waals surface area contributed by atoms with Crippen molar-refractivity contribution in [1.82, 2.24) is 15.1 Å². The van der Waals surface area contributed by atoms with E-state index in [4.69, 9.17) is 9.47 Å². The van der Waals surface area contributed by atoms with Gasteiger partial charge in [0.05, 0.1) is 12.2 Å². The summed E-state index contributed by atoms with van der Waals surface area (Å²) in [6, 6.07) is 0.336. The van der Waals surface area contributed by atoms with Crippen molar-refractivity contribution in [3.63, 3.8) is 0 Å². The second-order valence-electron chi connectivity index (χ2n) is 4.15. The van der Waals surface area contributed by atoms with Crippen LogP contribution >= 0.6 is 0 Å². The molecule has 0 saturated heterocycles. The van der Waals surface area contributed by atoms with Gasteiger partial charge in [0.1, 0.15) is 0 Å². The van der Waals surface area contributed by atoms with Gasteiger partial charge in [0.15, 0.2) is 6.29 Å². The van der Waals surface area contributed by atoms with Gasteiger partial charge in [-0.15, -0.1) is 0 Å². The number of nitrogens with zero attached hydrogens (tertiary/aromatic N) is 2. The summed E-state index contributed by atoms with van der Waals surface area (Å²) in [5.41, 5.74) is 1.17. The molecule has 1 aromatic rings. The lowest BCUT2D eigenvalue weighted by Crippen LogP contribution is -2.40. The van der Waals surface area contributed by atoms with Crippen molar-refractivity contribution in [2.75, 3.05) is 14.2 Å². The Morgan fingerprint density at radius 3 is 2.47 bits per heavy atom. The van der Waals surface area contributed by atoms with Crippen LogP contribution in [0.15, 0.2) is 12.4 Å². The molecule has 0 amide bonds. The first-order chi connectivity index (χ1) is 8.12. The molecule has 2 unspecified atom stereocenters. The number of rotatable bonds is 7. The first-order valence-corrected chi connectivity index (χ1v) is 5.96. The molecule has 98 valence electrons. The van der Waals surface area contributed by atoms with Crippen LogP contribution in [0.4, 0.5) is 0 Å². The predicted octanol–water partition coefficient (Wildman–Crippen LogP) is 1.56. The van der Waals surface area contributed by atoms with Gasteiger partial charge in [-0.3, -0.25) is 4.68 Å². The summed E-state index contributed by atoms with van der Waals surface area (Å²) < 4.78 is 12.4. The first-order valence-electron chi connectivity index (χ1n) is 5.96. The lowest BCUT2D eigenvalue weighted by molar-refractivity contribution is -0.120. The Hall–Kier alpha value is -0.910. The van der Waals surface area contributed by atoms with Crippen molar-refractivity contribution in [3.8, 4) is 0 Å². The van der Waals surface area contributed by atoms with Crippen molar-refractivity contribution in [1.29, 1.82) is 0 Å². The van der Waals surface area contributed by atoms with Crippen LogP contribution in [-0.4, -0.2) is 36.3 Å². The van der Waals surface area contributed by atoms with E-state index >= 15 is 0 Å². The van der Waals surface area contributed by atoms with Gasteiger partial charge in [-0.05, 0) is 20.8 Å². The van der Waals surface area contributed by atoms with Gasteiger partial charge in [-0.2, -0.15) is 5.10 Å². The quantitative estimate of drug-likeness (QED) is 0.736. The van der Waals surface area contributed by atoms with Gasteiger partial charge >= 0.3 is 0 Å². The predicted molar refractivity (Wildman–Crippen MR) is 66.7 cm³/mol. The number of methoxy groups -OCH3 is 2. The number of hydrogen-bond donors (Lipinski definition) is 1. The number of ether oxygens (including phenoxy) is 2. The molecule has 0 radical (unpaired) electrons. The molecular weight excluding hydrogens is 218 g/mol. The molecule has 0 spiro atoms. The Labute approximate surface area is 103 Å². The summed E-state index contributed by atoms with van der Waals surface area (Å²) in [7, 11) is 3.29. The van der Waals surface area contributed by atoms with E-state index in [2.05, 4.69) is 30.5 Å². The Bertz CT molecular complexity index is 323. The Morgan fingerprint density at radius 1 is 1.35 bits per heavy atom. The molecule has 0 fully saturated rings. The summed E-state index contributed by atoms with van der Waals surface area (Å²) >= 11 is 0. The molecule has 1 N–H and O–H groups in total. The molecule has 5 nitrogen and oxygen atoms in total. The zero-order valence-corrected chi connectivity index (χ0v) is 11.3. The minimum atomic E-state index is -0.237. The Balaban J connectivity index is 2.56. The fourth-order valence-electron chi connectivity index (χ4n) is 1.85. The lowest BCUT2D eigenvalue weighted by atomic mass is 10.1. The van der Waals surface area contributed by atoms with Crippen molar-refractivity contribution >= 4 is 0 Å². The molecule has 0 bridgehead atoms. The SMILES string of the molecule is CCn1cc(C(C)NC(C)C(OC)OC)cn1. The van der Waals surface area contributed by atoms with Crippen LogP contribution in [0.5, 0.6) is 0 Å². The molecule has 1 rings (SSSR count). The third-order valence-corrected chi connectivity index (χ3v) is 2.86. The van der Waals surface area contributed by atoms with E-state index in [1.165, 1.54) is 5.56 Å². The third kappa shape index (κ3) is 3.80. The van der Waals surface area contributed by atoms with Gasteiger partial charge in [0, 0.05) is 38.6 Å². The molecule has 1 aromatic heterocycles. The fourth-order valence-corrected chi connectivity index (χ4v) is 1.85. The van der Waals surface area contributed by atoms with Crippen molar-refractivity contribution in [2.24, 2.45) is 0 Å². The van der Waals surface area contributed by atoms with Crippen molar-refractivity contribution < 1.29 is 9.47 Å². The molecular formula is C12H23N3O2. The lowest BCUT2D eigenvalue weighted by Gasteiger charge is -2.25. The van der Waals surface area contributed by atoms with Crippen LogP contribution in [-0.2, 0) is 16.0 Å². The number of nitrogens with one attached hydrogen (secondary N) is 1. The zero-order valence-electron chi connectivity index (χ0n) is 11.3. The largest absolute Gasteiger partial charge is 0.354 e. The Kier molecular flexibility index (Phi) is 5.61. The van der Waals surface area contributed by atoms with Crippen LogP contribution in [0.2, 0.25) is 0 Å². The first kappa shape index (κ1) is 14.2. The van der Waals surface area contributed by atoms with Crippen LogP contribution in [0.1, 0.15) is 32.4 Å². The van der Waals surface area contributed by atoms with E-state index in [1.807, 2.05) is 17.8 Å². The maximum absolute atomic E-state index is 5.22. The molecule has 0 aliphatic carbocycles. The van der Waals surface area contributed by atoms with E-state index in [0.717, 1.165) is 6.54 Å². The number of aromatic nitrogens is 2. The van der Waals surface area contributed by atoms with E-state index in [9.17, 15) is 0 Å². The van der Waals surface area contributed by atoms with Gasteiger partial charge in [-0.1, -0.05) is 0 Å². The highest BCUT2D eigenvalue weighted by Crippen LogP contribution is 2.13. The van der Waals surface area contributed by atoms with Crippen molar-refractivity contribution in [3.05, 3.63) is 18.0 Å².